The summed E-state index contributed by atoms with van der Waals surface area (Å²) in [7, 11) is 0. The highest BCUT2D eigenvalue weighted by atomic mass is 35.5. The van der Waals surface area contributed by atoms with Crippen LogP contribution < -0.4 is 19.7 Å². The minimum Gasteiger partial charge on any atom is -0.454 e. The number of rotatable bonds is 6. The zero-order valence-corrected chi connectivity index (χ0v) is 16.3. The molecule has 0 unspecified atom stereocenters. The molecular formula is C21H24ClN2O4+. The molecule has 2 aliphatic heterocycles. The van der Waals surface area contributed by atoms with Gasteiger partial charge in [-0.25, -0.2) is 0 Å². The van der Waals surface area contributed by atoms with Gasteiger partial charge in [-0.2, -0.15) is 0 Å². The summed E-state index contributed by atoms with van der Waals surface area (Å²) in [6.45, 7) is 4.09. The van der Waals surface area contributed by atoms with E-state index in [1.165, 1.54) is 4.90 Å². The second-order valence-electron chi connectivity index (χ2n) is 7.04. The molecule has 1 saturated heterocycles. The first-order valence-corrected chi connectivity index (χ1v) is 9.90. The van der Waals surface area contributed by atoms with Gasteiger partial charge in [0.1, 0.15) is 19.1 Å². The third-order valence-corrected chi connectivity index (χ3v) is 5.46. The summed E-state index contributed by atoms with van der Waals surface area (Å²) < 4.78 is 16.5. The van der Waals surface area contributed by atoms with Crippen LogP contribution in [0.25, 0.3) is 0 Å². The van der Waals surface area contributed by atoms with Crippen LogP contribution in [0.2, 0.25) is 5.02 Å². The van der Waals surface area contributed by atoms with E-state index in [0.29, 0.717) is 18.0 Å². The van der Waals surface area contributed by atoms with Gasteiger partial charge >= 0.3 is 0 Å². The SMILES string of the molecule is O=C(Cc1ccc(Cl)cc1)NC[C@H](c1ccc2c(c1)OCO2)[NH+]1CCOCC1. The summed E-state index contributed by atoms with van der Waals surface area (Å²) in [5, 5.41) is 3.77. The van der Waals surface area contributed by atoms with Gasteiger partial charge in [0, 0.05) is 10.6 Å². The van der Waals surface area contributed by atoms with Crippen molar-refractivity contribution in [3.63, 3.8) is 0 Å². The van der Waals surface area contributed by atoms with E-state index >= 15 is 0 Å². The Morgan fingerprint density at radius 1 is 1.07 bits per heavy atom. The summed E-state index contributed by atoms with van der Waals surface area (Å²) in [6, 6.07) is 13.5. The number of benzene rings is 2. The van der Waals surface area contributed by atoms with Gasteiger partial charge in [0.15, 0.2) is 11.5 Å². The summed E-state index contributed by atoms with van der Waals surface area (Å²) in [4.78, 5) is 13.9. The van der Waals surface area contributed by atoms with Crippen molar-refractivity contribution in [1.82, 2.24) is 5.32 Å². The zero-order valence-electron chi connectivity index (χ0n) is 15.6. The van der Waals surface area contributed by atoms with Crippen molar-refractivity contribution in [3.05, 3.63) is 58.6 Å². The first-order valence-electron chi connectivity index (χ1n) is 9.52. The number of carbonyl (C=O) groups is 1. The van der Waals surface area contributed by atoms with Crippen LogP contribution in [-0.4, -0.2) is 45.5 Å². The van der Waals surface area contributed by atoms with Gasteiger partial charge in [0.25, 0.3) is 0 Å². The van der Waals surface area contributed by atoms with Crippen LogP contribution in [0.1, 0.15) is 17.2 Å². The first-order chi connectivity index (χ1) is 13.7. The normalized spacial score (nSPS) is 17.3. The van der Waals surface area contributed by atoms with Gasteiger partial charge in [-0.1, -0.05) is 23.7 Å². The van der Waals surface area contributed by atoms with Gasteiger partial charge in [0.2, 0.25) is 12.7 Å². The third kappa shape index (κ3) is 4.58. The van der Waals surface area contributed by atoms with Crippen molar-refractivity contribution in [2.75, 3.05) is 39.6 Å². The smallest absolute Gasteiger partial charge is 0.231 e. The predicted octanol–water partition coefficient (Wildman–Crippen LogP) is 1.38. The minimum atomic E-state index is 0.000672. The molecule has 1 atom stereocenters. The van der Waals surface area contributed by atoms with Crippen LogP contribution in [-0.2, 0) is 16.0 Å². The highest BCUT2D eigenvalue weighted by Crippen LogP contribution is 2.33. The number of halogens is 1. The maximum absolute atomic E-state index is 12.5. The Kier molecular flexibility index (Phi) is 6.00. The van der Waals surface area contributed by atoms with Crippen molar-refractivity contribution in [3.8, 4) is 11.5 Å². The standard InChI is InChI=1S/C21H23ClN2O4/c22-17-4-1-15(2-5-17)11-21(25)23-13-18(24-7-9-26-10-8-24)16-3-6-19-20(12-16)28-14-27-19/h1-6,12,18H,7-11,13-14H2,(H,23,25)/p+1/t18-/m1/s1. The molecule has 0 bridgehead atoms. The molecule has 2 aliphatic rings. The Morgan fingerprint density at radius 3 is 2.61 bits per heavy atom. The fraction of sp³-hybridized carbons (Fsp3) is 0.381. The summed E-state index contributed by atoms with van der Waals surface area (Å²) in [6.07, 6.45) is 0.337. The highest BCUT2D eigenvalue weighted by molar-refractivity contribution is 6.30. The minimum absolute atomic E-state index is 0.000672. The van der Waals surface area contributed by atoms with Gasteiger partial charge in [-0.05, 0) is 35.9 Å². The number of carbonyl (C=O) groups excluding carboxylic acids is 1. The molecule has 0 saturated carbocycles. The number of nitrogens with one attached hydrogen (secondary N) is 2. The molecule has 1 fully saturated rings. The van der Waals surface area contributed by atoms with Crippen LogP contribution in [0.3, 0.4) is 0 Å². The van der Waals surface area contributed by atoms with Gasteiger partial charge in [0.05, 0.1) is 26.2 Å². The van der Waals surface area contributed by atoms with Crippen molar-refractivity contribution in [2.45, 2.75) is 12.5 Å². The molecule has 2 aromatic carbocycles. The maximum atomic E-state index is 12.5. The molecule has 1 amide bonds. The Hall–Kier alpha value is -2.28. The second-order valence-corrected chi connectivity index (χ2v) is 7.48. The van der Waals surface area contributed by atoms with E-state index in [4.69, 9.17) is 25.8 Å². The number of fused-ring (bicyclic) bond motifs is 1. The average molecular weight is 404 g/mol. The van der Waals surface area contributed by atoms with Gasteiger partial charge in [-0.3, -0.25) is 4.79 Å². The zero-order chi connectivity index (χ0) is 19.3. The van der Waals surface area contributed by atoms with E-state index in [0.717, 1.165) is 48.9 Å². The largest absolute Gasteiger partial charge is 0.454 e. The number of ether oxygens (including phenoxy) is 3. The molecule has 0 radical (unpaired) electrons. The quantitative estimate of drug-likeness (QED) is 0.765. The molecule has 2 aromatic rings. The van der Waals surface area contributed by atoms with Crippen molar-refractivity contribution in [2.24, 2.45) is 0 Å². The number of hydrogen-bond donors (Lipinski definition) is 2. The molecule has 7 heteroatoms. The second kappa shape index (κ2) is 8.82. The molecular weight excluding hydrogens is 380 g/mol. The van der Waals surface area contributed by atoms with E-state index in [-0.39, 0.29) is 18.7 Å². The highest BCUT2D eigenvalue weighted by Gasteiger charge is 2.28. The van der Waals surface area contributed by atoms with Gasteiger partial charge < -0.3 is 24.4 Å². The molecule has 0 spiro atoms. The molecule has 28 heavy (non-hydrogen) atoms. The molecule has 0 aromatic heterocycles. The topological polar surface area (TPSA) is 61.2 Å². The number of morpholine rings is 1. The molecule has 2 N–H and O–H groups in total. The maximum Gasteiger partial charge on any atom is 0.231 e. The molecule has 0 aliphatic carbocycles. The molecule has 6 nitrogen and oxygen atoms in total. The summed E-state index contributed by atoms with van der Waals surface area (Å²) in [5.41, 5.74) is 2.08. The number of hydrogen-bond acceptors (Lipinski definition) is 4. The lowest BCUT2D eigenvalue weighted by Crippen LogP contribution is -3.15. The Bertz CT molecular complexity index is 822. The van der Waals surface area contributed by atoms with E-state index in [1.54, 1.807) is 12.1 Å². The molecule has 4 rings (SSSR count). The lowest BCUT2D eigenvalue weighted by atomic mass is 10.0. The monoisotopic (exact) mass is 403 g/mol. The van der Waals surface area contributed by atoms with Crippen LogP contribution in [0, 0.1) is 0 Å². The van der Waals surface area contributed by atoms with Crippen molar-refractivity contribution >= 4 is 17.5 Å². The third-order valence-electron chi connectivity index (χ3n) is 5.21. The lowest BCUT2D eigenvalue weighted by molar-refractivity contribution is -0.937. The van der Waals surface area contributed by atoms with E-state index < -0.39 is 0 Å². The molecule has 2 heterocycles. The van der Waals surface area contributed by atoms with Gasteiger partial charge in [-0.15, -0.1) is 0 Å². The Morgan fingerprint density at radius 2 is 1.82 bits per heavy atom. The lowest BCUT2D eigenvalue weighted by Gasteiger charge is -2.32. The molecule has 148 valence electrons. The van der Waals surface area contributed by atoms with Crippen LogP contribution in [0.4, 0.5) is 0 Å². The van der Waals surface area contributed by atoms with E-state index in [9.17, 15) is 4.79 Å². The first kappa shape index (κ1) is 19.1. The Balaban J connectivity index is 1.44. The fourth-order valence-corrected chi connectivity index (χ4v) is 3.80. The fourth-order valence-electron chi connectivity index (χ4n) is 3.68. The predicted molar refractivity (Wildman–Crippen MR) is 105 cm³/mol. The summed E-state index contributed by atoms with van der Waals surface area (Å²) >= 11 is 5.91. The van der Waals surface area contributed by atoms with Crippen LogP contribution in [0.15, 0.2) is 42.5 Å². The average Bonchev–Trinajstić information content (AvgIpc) is 3.19. The number of quaternary nitrogens is 1. The number of amides is 1. The summed E-state index contributed by atoms with van der Waals surface area (Å²) in [5.74, 6) is 1.54. The van der Waals surface area contributed by atoms with Crippen LogP contribution in [0.5, 0.6) is 11.5 Å². The Labute approximate surface area is 169 Å². The van der Waals surface area contributed by atoms with Crippen molar-refractivity contribution in [1.29, 1.82) is 0 Å². The van der Waals surface area contributed by atoms with E-state index in [1.807, 2.05) is 24.3 Å². The van der Waals surface area contributed by atoms with E-state index in [2.05, 4.69) is 11.4 Å². The van der Waals surface area contributed by atoms with Crippen LogP contribution >= 0.6 is 11.6 Å². The van der Waals surface area contributed by atoms with Crippen molar-refractivity contribution < 1.29 is 23.9 Å².